The molecular formula is C67H128N8O35. The molecule has 0 aromatic carbocycles. The molecular weight excluding hydrogens is 1480 g/mol. The summed E-state index contributed by atoms with van der Waals surface area (Å²) in [5.74, 6) is -3.14. The van der Waals surface area contributed by atoms with Crippen molar-refractivity contribution in [3.05, 3.63) is 0 Å². The van der Waals surface area contributed by atoms with E-state index in [2.05, 4.69) is 42.5 Å². The van der Waals surface area contributed by atoms with Crippen LogP contribution in [-0.2, 0) is 124 Å². The van der Waals surface area contributed by atoms with Gasteiger partial charge < -0.3 is 178 Å². The van der Waals surface area contributed by atoms with Gasteiger partial charge in [-0.05, 0) is 14.0 Å². The third-order valence-corrected chi connectivity index (χ3v) is 14.9. The van der Waals surface area contributed by atoms with E-state index in [0.29, 0.717) is 33.0 Å². The van der Waals surface area contributed by atoms with Crippen LogP contribution in [0.25, 0.3) is 0 Å². The Balaban J connectivity index is 2.97. The molecule has 1 fully saturated rings. The largest absolute Gasteiger partial charge is 0.394 e. The zero-order valence-electron chi connectivity index (χ0n) is 64.3. The van der Waals surface area contributed by atoms with Crippen molar-refractivity contribution in [2.75, 3.05) is 258 Å². The maximum Gasteiger partial charge on any atom is 0.222 e. The highest BCUT2D eigenvalue weighted by Gasteiger charge is 2.45. The molecule has 43 heteroatoms. The standard InChI is InChI=1S/C67H128N8O35/c1-48(80)53(42-77)109-66(64(91)74-51(4)83)107-39-36-101-31-26-96-21-13-71-58(87)8-17-104-47-67(75-59(88)9-14-92-22-27-97-32-33-98-28-23-93-18-10-68-5,45-102-15-6-56(85)69-11-19-94-24-29-99-34-37-105-60(40-72-49(2)81)108-54(43-78)52(84)41-76)46-103-16-7-57(86)70-12-20-95-25-30-100-35-38-106-65-61(73-50(3)82)63(90)62(89)55(44-79)110-65/h48,52-55,60-66,68,76-80,84,89-91H,6-47H2,1-5H3,(H,69,85)(H,70,86)(H,71,87)(H,72,81)(H,73,82)(H,74,83)(H,75,88). The average molecular weight is 1610 g/mol. The minimum atomic E-state index is -1.61. The van der Waals surface area contributed by atoms with Gasteiger partial charge in [0, 0.05) is 72.6 Å². The van der Waals surface area contributed by atoms with Crippen LogP contribution in [0, 0.1) is 0 Å². The third-order valence-electron chi connectivity index (χ3n) is 14.9. The molecule has 0 saturated carbocycles. The van der Waals surface area contributed by atoms with Crippen molar-refractivity contribution in [1.82, 2.24) is 42.5 Å². The molecule has 110 heavy (non-hydrogen) atoms. The van der Waals surface area contributed by atoms with E-state index in [1.54, 1.807) is 0 Å². The first-order valence-electron chi connectivity index (χ1n) is 36.7. The number of ether oxygens (including phenoxy) is 19. The minimum absolute atomic E-state index is 0.000208. The molecule has 1 saturated heterocycles. The highest BCUT2D eigenvalue weighted by atomic mass is 16.7. The van der Waals surface area contributed by atoms with Crippen molar-refractivity contribution in [1.29, 1.82) is 0 Å². The summed E-state index contributed by atoms with van der Waals surface area (Å²) in [7, 11) is 1.83. The number of hydrogen-bond acceptors (Lipinski definition) is 36. The van der Waals surface area contributed by atoms with E-state index < -0.39 is 141 Å². The van der Waals surface area contributed by atoms with Gasteiger partial charge in [0.05, 0.1) is 231 Å². The summed E-state index contributed by atoms with van der Waals surface area (Å²) in [5.41, 5.74) is -1.47. The fourth-order valence-corrected chi connectivity index (χ4v) is 9.21. The van der Waals surface area contributed by atoms with Crippen LogP contribution < -0.4 is 42.5 Å². The first-order valence-corrected chi connectivity index (χ1v) is 36.7. The van der Waals surface area contributed by atoms with Crippen LogP contribution in [0.15, 0.2) is 0 Å². The molecule has 1 rings (SSSR count). The fraction of sp³-hybridized carbons (Fsp3) is 0.896. The summed E-state index contributed by atoms with van der Waals surface area (Å²) in [6, 6.07) is -1.10. The molecule has 7 amide bonds. The Kier molecular flexibility index (Phi) is 64.3. The molecule has 43 nitrogen and oxygen atoms in total. The van der Waals surface area contributed by atoms with E-state index in [1.807, 2.05) is 7.05 Å². The molecule has 1 heterocycles. The van der Waals surface area contributed by atoms with Crippen molar-refractivity contribution in [2.24, 2.45) is 0 Å². The van der Waals surface area contributed by atoms with Crippen molar-refractivity contribution >= 4 is 41.4 Å². The first kappa shape index (κ1) is 103. The van der Waals surface area contributed by atoms with Crippen LogP contribution in [0.3, 0.4) is 0 Å². The predicted molar refractivity (Wildman–Crippen MR) is 381 cm³/mol. The smallest absolute Gasteiger partial charge is 0.222 e. The Morgan fingerprint density at radius 3 is 1.25 bits per heavy atom. The van der Waals surface area contributed by atoms with Crippen molar-refractivity contribution in [2.45, 2.75) is 133 Å². The van der Waals surface area contributed by atoms with Gasteiger partial charge in [-0.1, -0.05) is 0 Å². The number of aliphatic hydroxyl groups is 9. The predicted octanol–water partition coefficient (Wildman–Crippen LogP) is -9.09. The van der Waals surface area contributed by atoms with Crippen LogP contribution in [-0.4, -0.2) is 425 Å². The Hall–Kier alpha value is -4.87. The molecule has 0 aromatic rings. The zero-order chi connectivity index (χ0) is 81.3. The lowest BCUT2D eigenvalue weighted by atomic mass is 9.97. The van der Waals surface area contributed by atoms with Crippen LogP contribution in [0.1, 0.15) is 53.4 Å². The molecule has 1 aliphatic rings. The molecule has 0 radical (unpaired) electrons. The molecule has 0 spiro atoms. The monoisotopic (exact) mass is 1600 g/mol. The van der Waals surface area contributed by atoms with Gasteiger partial charge in [-0.2, -0.15) is 0 Å². The van der Waals surface area contributed by atoms with E-state index in [0.717, 1.165) is 6.54 Å². The van der Waals surface area contributed by atoms with Gasteiger partial charge in [0.1, 0.15) is 48.2 Å². The van der Waals surface area contributed by atoms with Gasteiger partial charge in [-0.15, -0.1) is 0 Å². The Morgan fingerprint density at radius 2 is 0.845 bits per heavy atom. The topological polar surface area (TPSA) is 573 Å². The summed E-state index contributed by atoms with van der Waals surface area (Å²) in [5, 5.41) is 110. The van der Waals surface area contributed by atoms with Crippen LogP contribution in [0.2, 0.25) is 0 Å². The van der Waals surface area contributed by atoms with Crippen molar-refractivity contribution < 1.29 is 170 Å². The molecule has 13 unspecified atom stereocenters. The number of likely N-dealkylation sites (N-methyl/N-ethyl adjacent to an activating group) is 1. The highest BCUT2D eigenvalue weighted by molar-refractivity contribution is 5.78. The quantitative estimate of drug-likeness (QED) is 0.0199. The lowest BCUT2D eigenvalue weighted by molar-refractivity contribution is -0.272. The minimum Gasteiger partial charge on any atom is -0.394 e. The van der Waals surface area contributed by atoms with E-state index in [9.17, 15) is 79.5 Å². The van der Waals surface area contributed by atoms with E-state index in [-0.39, 0.29) is 216 Å². The maximum absolute atomic E-state index is 13.8. The normalized spacial score (nSPS) is 18.3. The van der Waals surface area contributed by atoms with Crippen molar-refractivity contribution in [3.8, 4) is 0 Å². The van der Waals surface area contributed by atoms with E-state index in [1.165, 1.54) is 27.7 Å². The van der Waals surface area contributed by atoms with Gasteiger partial charge >= 0.3 is 0 Å². The van der Waals surface area contributed by atoms with Crippen LogP contribution in [0.4, 0.5) is 0 Å². The molecule has 1 aliphatic heterocycles. The average Bonchev–Trinajstić information content (AvgIpc) is 0.803. The van der Waals surface area contributed by atoms with Gasteiger partial charge in [-0.3, -0.25) is 33.6 Å². The van der Waals surface area contributed by atoms with Crippen LogP contribution >= 0.6 is 0 Å². The molecule has 0 aromatic heterocycles. The summed E-state index contributed by atoms with van der Waals surface area (Å²) in [6.45, 7) is 5.90. The summed E-state index contributed by atoms with van der Waals surface area (Å²) in [6.07, 6.45) is -14.7. The SMILES string of the molecule is CNCCOCCOCCOCCOCCC(=O)NC(COCCC(=O)NCCOCCOCCOC(CNC(C)=O)OC(CO)C(O)CO)(COCCC(=O)NCCOCCOCCOC(OC(CO)C(C)O)C(O)NC(C)=O)COCCC(=O)NCCOCCOCCOC1OC(CO)C(O)C(O)C1NC(C)=O. The lowest BCUT2D eigenvalue weighted by Gasteiger charge is -2.42. The third kappa shape index (κ3) is 54.8. The van der Waals surface area contributed by atoms with E-state index in [4.69, 9.17) is 90.0 Å². The Labute approximate surface area is 642 Å². The Bertz CT molecular complexity index is 2330. The second-order valence-corrected chi connectivity index (χ2v) is 24.4. The van der Waals surface area contributed by atoms with Gasteiger partial charge in [-0.25, -0.2) is 0 Å². The zero-order valence-corrected chi connectivity index (χ0v) is 64.3. The van der Waals surface area contributed by atoms with Gasteiger partial charge in [0.25, 0.3) is 0 Å². The number of hydrogen-bond donors (Lipinski definition) is 17. The number of rotatable bonds is 76. The highest BCUT2D eigenvalue weighted by Crippen LogP contribution is 2.22. The van der Waals surface area contributed by atoms with Crippen molar-refractivity contribution in [3.63, 3.8) is 0 Å². The van der Waals surface area contributed by atoms with Crippen LogP contribution in [0.5, 0.6) is 0 Å². The number of amides is 7. The number of carbonyl (C=O) groups is 7. The van der Waals surface area contributed by atoms with E-state index >= 15 is 0 Å². The number of aliphatic hydroxyl groups excluding tert-OH is 9. The second kappa shape index (κ2) is 68.5. The number of nitrogens with one attached hydrogen (secondary N) is 8. The fourth-order valence-electron chi connectivity index (χ4n) is 9.21. The Morgan fingerprint density at radius 1 is 0.436 bits per heavy atom. The first-order chi connectivity index (χ1) is 53.0. The molecule has 646 valence electrons. The van der Waals surface area contributed by atoms with Gasteiger partial charge in [0.15, 0.2) is 18.8 Å². The van der Waals surface area contributed by atoms with Gasteiger partial charge in [0.2, 0.25) is 47.6 Å². The molecule has 13 atom stereocenters. The summed E-state index contributed by atoms with van der Waals surface area (Å²) in [4.78, 5) is 87.4. The summed E-state index contributed by atoms with van der Waals surface area (Å²) < 4.78 is 107. The maximum atomic E-state index is 13.8. The number of carbonyl (C=O) groups excluding carboxylic acids is 7. The summed E-state index contributed by atoms with van der Waals surface area (Å²) >= 11 is 0. The molecule has 0 aliphatic carbocycles. The molecule has 17 N–H and O–H groups in total. The second-order valence-electron chi connectivity index (χ2n) is 24.4. The molecule has 0 bridgehead atoms. The lowest BCUT2D eigenvalue weighted by Crippen LogP contribution is -2.64.